The lowest BCUT2D eigenvalue weighted by molar-refractivity contribution is 0.333. The topological polar surface area (TPSA) is 619 Å². The molecule has 0 atom stereocenters. The highest BCUT2D eigenvalue weighted by Crippen LogP contribution is 1.90. The molecule has 0 heterocycles. The summed E-state index contributed by atoms with van der Waals surface area (Å²) in [5.41, 5.74) is 0. The Hall–Kier alpha value is -0.220. The van der Waals surface area contributed by atoms with Crippen molar-refractivity contribution in [3.05, 3.63) is 0 Å². The van der Waals surface area contributed by atoms with Crippen LogP contribution in [0.25, 0.3) is 0 Å². The zero-order chi connectivity index (χ0) is 3.58. The first-order chi connectivity index (χ1) is 1.73. The molecule has 0 bridgehead atoms. The Bertz CT molecular complexity index is 20.4. The first-order valence-corrected chi connectivity index (χ1v) is 1.57. The van der Waals surface area contributed by atoms with Gasteiger partial charge in [-0.3, -0.25) is 0 Å². The molecule has 0 aromatic rings. The molecule has 22 heteroatoms. The largest absolute Gasteiger partial charge is 0.412 e. The van der Waals surface area contributed by atoms with Crippen LogP contribution in [0.1, 0.15) is 0 Å². The second-order valence-corrected chi connectivity index (χ2v) is 1.33. The maximum Gasteiger partial charge on any atom is 0.204 e. The normalized spacial score (nSPS) is 1.57. The summed E-state index contributed by atoms with van der Waals surface area (Å²) in [6.45, 7) is 0. The highest BCUT2D eigenvalue weighted by atomic mass is 35.5. The maximum absolute atomic E-state index is 7.59. The third kappa shape index (κ3) is 176000. The summed E-state index contributed by atoms with van der Waals surface area (Å²) in [5, 5.41) is 6.36. The SMILES string of the molecule is O.O.O.O.O.O.O.O.O.O.O.O.O.O.O.O.O.O.O.OC(Cl)Cl. The molecule has 0 aliphatic heterocycles. The number of hydrogen-bond acceptors (Lipinski definition) is 1. The number of aliphatic hydroxyl groups excluding tert-OH is 1. The Balaban J connectivity index is -0.000000000263. The molecule has 178 valence electrons. The van der Waals surface area contributed by atoms with E-state index in [1.807, 2.05) is 0 Å². The summed E-state index contributed by atoms with van der Waals surface area (Å²) in [7, 11) is 0. The third-order valence-corrected chi connectivity index (χ3v) is 0. The Morgan fingerprint density at radius 1 is 0.304 bits per heavy atom. The van der Waals surface area contributed by atoms with E-state index in [1.54, 1.807) is 0 Å². The molecule has 0 aromatic heterocycles. The zero-order valence-electron chi connectivity index (χ0n) is 11.3. The van der Waals surface area contributed by atoms with Gasteiger partial charge in [-0.15, -0.1) is 0 Å². The number of halogens is 2. The van der Waals surface area contributed by atoms with E-state index in [2.05, 4.69) is 23.2 Å². The molecule has 0 fully saturated rings. The lowest BCUT2D eigenvalue weighted by Crippen LogP contribution is -1.73. The quantitative estimate of drug-likeness (QED) is 0.350. The first kappa shape index (κ1) is 1400. The number of rotatable bonds is 0. The van der Waals surface area contributed by atoms with Crippen molar-refractivity contribution in [2.24, 2.45) is 0 Å². The average Bonchev–Trinajstić information content (AvgIpc) is 0.811. The Morgan fingerprint density at radius 2 is 0.304 bits per heavy atom. The lowest BCUT2D eigenvalue weighted by atomic mass is 11.7. The van der Waals surface area contributed by atoms with Gasteiger partial charge in [0.25, 0.3) is 0 Å². The fraction of sp³-hybridized carbons (Fsp3) is 1.00. The summed E-state index contributed by atoms with van der Waals surface area (Å²) in [6.07, 6.45) is 0. The van der Waals surface area contributed by atoms with E-state index in [0.717, 1.165) is 0 Å². The highest BCUT2D eigenvalue weighted by Gasteiger charge is 1.76. The predicted octanol–water partition coefficient (Wildman–Crippen LogP) is -14.9. The molecule has 23 heavy (non-hydrogen) atoms. The van der Waals surface area contributed by atoms with Gasteiger partial charge in [-0.1, -0.05) is 23.2 Å². The number of aliphatic hydroxyl groups is 1. The Labute approximate surface area is 138 Å². The summed E-state index contributed by atoms with van der Waals surface area (Å²) in [6, 6.07) is 0. The van der Waals surface area contributed by atoms with Crippen molar-refractivity contribution in [3.63, 3.8) is 0 Å². The van der Waals surface area contributed by atoms with Crippen LogP contribution in [-0.4, -0.2) is 114 Å². The van der Waals surface area contributed by atoms with Gasteiger partial charge in [0.05, 0.1) is 0 Å². The molecule has 39 N–H and O–H groups in total. The molecule has 0 saturated carbocycles. The van der Waals surface area contributed by atoms with Crippen molar-refractivity contribution >= 4 is 23.2 Å². The minimum absolute atomic E-state index is 0. The van der Waals surface area contributed by atoms with Gasteiger partial charge in [-0.25, -0.2) is 0 Å². The molecule has 0 radical (unpaired) electrons. The summed E-state index contributed by atoms with van der Waals surface area (Å²) in [5.74, 6) is 0. The van der Waals surface area contributed by atoms with E-state index in [0.29, 0.717) is 0 Å². The van der Waals surface area contributed by atoms with E-state index in [4.69, 9.17) is 5.11 Å². The Kier molecular flexibility index (Phi) is 74000. The van der Waals surface area contributed by atoms with Gasteiger partial charge in [-0.05, 0) is 0 Å². The maximum atomic E-state index is 7.59. The summed E-state index contributed by atoms with van der Waals surface area (Å²) < 4.78 is 0. The van der Waals surface area contributed by atoms with E-state index >= 15 is 0 Å². The first-order valence-electron chi connectivity index (χ1n) is 0.695. The molecule has 20 nitrogen and oxygen atoms in total. The van der Waals surface area contributed by atoms with Crippen LogP contribution in [0.2, 0.25) is 0 Å². The van der Waals surface area contributed by atoms with Crippen LogP contribution in [0.5, 0.6) is 0 Å². The van der Waals surface area contributed by atoms with Crippen LogP contribution in [0, 0.1) is 0 Å². The molecule has 0 aromatic carbocycles. The molecule has 0 aliphatic carbocycles. The van der Waals surface area contributed by atoms with Crippen molar-refractivity contribution in [2.45, 2.75) is 5.02 Å². The van der Waals surface area contributed by atoms with Gasteiger partial charge in [0.2, 0.25) is 5.02 Å². The second kappa shape index (κ2) is 1220. The van der Waals surface area contributed by atoms with Gasteiger partial charge in [0, 0.05) is 0 Å². The van der Waals surface area contributed by atoms with Crippen molar-refractivity contribution in [1.82, 2.24) is 0 Å². The van der Waals surface area contributed by atoms with Gasteiger partial charge < -0.3 is 109 Å². The van der Waals surface area contributed by atoms with Gasteiger partial charge in [-0.2, -0.15) is 0 Å². The van der Waals surface area contributed by atoms with Crippen LogP contribution in [0.4, 0.5) is 0 Å². The van der Waals surface area contributed by atoms with Crippen LogP contribution in [-0.2, 0) is 0 Å². The second-order valence-electron chi connectivity index (χ2n) is 0.278. The molecule has 0 spiro atoms. The van der Waals surface area contributed by atoms with Crippen molar-refractivity contribution in [2.75, 3.05) is 0 Å². The highest BCUT2D eigenvalue weighted by molar-refractivity contribution is 6.42. The monoisotopic (exact) mass is 442 g/mol. The number of alkyl halides is 2. The minimum atomic E-state index is -1.22. The van der Waals surface area contributed by atoms with Crippen molar-refractivity contribution in [3.8, 4) is 0 Å². The molecule has 0 unspecified atom stereocenters. The molecule has 0 aliphatic rings. The lowest BCUT2D eigenvalue weighted by Gasteiger charge is -1.73. The minimum Gasteiger partial charge on any atom is -0.412 e. The molecule has 0 amide bonds. The fourth-order valence-corrected chi connectivity index (χ4v) is 0. The summed E-state index contributed by atoms with van der Waals surface area (Å²) in [4.78, 5) is 0. The average molecular weight is 443 g/mol. The van der Waals surface area contributed by atoms with E-state index in [9.17, 15) is 0 Å². The predicted molar refractivity (Wildman–Crippen MR) is 86.4 cm³/mol. The van der Waals surface area contributed by atoms with E-state index in [-0.39, 0.29) is 104 Å². The van der Waals surface area contributed by atoms with Crippen LogP contribution in [0.3, 0.4) is 0 Å². The van der Waals surface area contributed by atoms with Gasteiger partial charge >= 0.3 is 0 Å². The zero-order valence-corrected chi connectivity index (χ0v) is 12.8. The van der Waals surface area contributed by atoms with Crippen LogP contribution in [0.15, 0.2) is 0 Å². The molecule has 0 saturated heterocycles. The van der Waals surface area contributed by atoms with Crippen molar-refractivity contribution < 1.29 is 109 Å². The number of hydrogen-bond donors (Lipinski definition) is 1. The Morgan fingerprint density at radius 3 is 0.304 bits per heavy atom. The fourth-order valence-electron chi connectivity index (χ4n) is 0. The van der Waals surface area contributed by atoms with Crippen molar-refractivity contribution in [1.29, 1.82) is 0 Å². The standard InChI is InChI=1S/CH2Cl2O.19H2O/c2-1(3)4;;;;;;;;;;;;;;;;;;;/h1,4H;19*1H2. The van der Waals surface area contributed by atoms with Gasteiger partial charge in [0.1, 0.15) is 0 Å². The van der Waals surface area contributed by atoms with Crippen LogP contribution < -0.4 is 0 Å². The van der Waals surface area contributed by atoms with Gasteiger partial charge in [0.15, 0.2) is 0 Å². The molecule has 0 rings (SSSR count). The molecular weight excluding hydrogens is 403 g/mol. The van der Waals surface area contributed by atoms with E-state index < -0.39 is 5.02 Å². The van der Waals surface area contributed by atoms with Crippen LogP contribution >= 0.6 is 23.2 Å². The van der Waals surface area contributed by atoms with E-state index in [1.165, 1.54) is 0 Å². The third-order valence-electron chi connectivity index (χ3n) is 0. The smallest absolute Gasteiger partial charge is 0.204 e. The molecular formula is CH40Cl2O20. The summed E-state index contributed by atoms with van der Waals surface area (Å²) >= 11 is 9.19.